The van der Waals surface area contributed by atoms with Crippen molar-refractivity contribution in [3.8, 4) is 5.69 Å². The number of pyridine rings is 2. The van der Waals surface area contributed by atoms with Crippen molar-refractivity contribution in [3.05, 3.63) is 110 Å². The molecule has 0 atom stereocenters. The van der Waals surface area contributed by atoms with Crippen LogP contribution in [0.3, 0.4) is 0 Å². The van der Waals surface area contributed by atoms with Gasteiger partial charge in [-0.3, -0.25) is 9.97 Å². The van der Waals surface area contributed by atoms with Crippen LogP contribution < -0.4 is 0 Å². The van der Waals surface area contributed by atoms with Gasteiger partial charge < -0.3 is 8.97 Å². The van der Waals surface area contributed by atoms with Crippen LogP contribution in [0.1, 0.15) is 0 Å². The fraction of sp³-hybridized carbons (Fsp3) is 0. The van der Waals surface area contributed by atoms with Gasteiger partial charge >= 0.3 is 0 Å². The van der Waals surface area contributed by atoms with Gasteiger partial charge in [0, 0.05) is 50.4 Å². The fourth-order valence-electron chi connectivity index (χ4n) is 6.41. The molecular weight excluding hydrogens is 440 g/mol. The summed E-state index contributed by atoms with van der Waals surface area (Å²) in [6.45, 7) is 0. The highest BCUT2D eigenvalue weighted by molar-refractivity contribution is 6.36. The molecule has 5 heterocycles. The molecule has 9 aromatic rings. The summed E-state index contributed by atoms with van der Waals surface area (Å²) in [4.78, 5) is 8.99. The summed E-state index contributed by atoms with van der Waals surface area (Å²) in [6, 6.07) is 30.7. The van der Waals surface area contributed by atoms with Crippen molar-refractivity contribution >= 4 is 70.7 Å². The third-order valence-electron chi connectivity index (χ3n) is 7.79. The van der Waals surface area contributed by atoms with Crippen molar-refractivity contribution in [2.45, 2.75) is 0 Å². The minimum Gasteiger partial charge on any atom is -0.309 e. The molecule has 0 N–H and O–H groups in total. The smallest absolute Gasteiger partial charge is 0.0726 e. The van der Waals surface area contributed by atoms with Crippen LogP contribution >= 0.6 is 0 Å². The van der Waals surface area contributed by atoms with E-state index in [4.69, 9.17) is 0 Å². The van der Waals surface area contributed by atoms with E-state index >= 15 is 0 Å². The molecule has 4 aromatic carbocycles. The van der Waals surface area contributed by atoms with Crippen molar-refractivity contribution < 1.29 is 0 Å². The van der Waals surface area contributed by atoms with E-state index in [9.17, 15) is 0 Å². The second-order valence-electron chi connectivity index (χ2n) is 9.52. The lowest BCUT2D eigenvalue weighted by molar-refractivity contribution is 1.19. The summed E-state index contributed by atoms with van der Waals surface area (Å²) < 4.78 is 4.79. The summed E-state index contributed by atoms with van der Waals surface area (Å²) in [5.41, 5.74) is 7.09. The lowest BCUT2D eigenvalue weighted by atomic mass is 10.0. The van der Waals surface area contributed by atoms with Gasteiger partial charge in [0.15, 0.2) is 0 Å². The molecule has 0 aliphatic rings. The number of fused-ring (bicyclic) bond motifs is 12. The van der Waals surface area contributed by atoms with Gasteiger partial charge in [0.25, 0.3) is 0 Å². The first-order valence-electron chi connectivity index (χ1n) is 12.2. The molecule has 0 spiro atoms. The molecule has 36 heavy (non-hydrogen) atoms. The van der Waals surface area contributed by atoms with E-state index in [1.54, 1.807) is 0 Å². The van der Waals surface area contributed by atoms with Gasteiger partial charge in [0.05, 0.1) is 40.0 Å². The highest BCUT2D eigenvalue weighted by atomic mass is 15.0. The fourth-order valence-corrected chi connectivity index (χ4v) is 6.41. The van der Waals surface area contributed by atoms with E-state index in [-0.39, 0.29) is 0 Å². The summed E-state index contributed by atoms with van der Waals surface area (Å²) in [5, 5.41) is 10.1. The summed E-state index contributed by atoms with van der Waals surface area (Å²) >= 11 is 0. The Labute approximate surface area is 205 Å². The maximum Gasteiger partial charge on any atom is 0.0726 e. The number of hydrogen-bond acceptors (Lipinski definition) is 2. The van der Waals surface area contributed by atoms with Crippen molar-refractivity contribution in [3.63, 3.8) is 0 Å². The molecule has 0 saturated heterocycles. The van der Waals surface area contributed by atoms with Crippen molar-refractivity contribution in [2.75, 3.05) is 0 Å². The number of hydrogen-bond donors (Lipinski definition) is 0. The predicted molar refractivity (Wildman–Crippen MR) is 149 cm³/mol. The topological polar surface area (TPSA) is 35.1 Å². The molecule has 0 bridgehead atoms. The Morgan fingerprint density at radius 1 is 0.500 bits per heavy atom. The molecule has 0 aliphatic carbocycles. The second-order valence-corrected chi connectivity index (χ2v) is 9.52. The number of para-hydroxylation sites is 1. The summed E-state index contributed by atoms with van der Waals surface area (Å²) in [6.07, 6.45) is 7.76. The number of benzene rings is 4. The third kappa shape index (κ3) is 2.07. The summed E-state index contributed by atoms with van der Waals surface area (Å²) in [5.74, 6) is 0. The molecule has 0 fully saturated rings. The Kier molecular flexibility index (Phi) is 3.25. The zero-order chi connectivity index (χ0) is 23.4. The van der Waals surface area contributed by atoms with Gasteiger partial charge in [-0.2, -0.15) is 0 Å². The van der Waals surface area contributed by atoms with Gasteiger partial charge in [-0.1, -0.05) is 48.5 Å². The molecule has 0 unspecified atom stereocenters. The van der Waals surface area contributed by atoms with E-state index in [2.05, 4.69) is 104 Å². The van der Waals surface area contributed by atoms with Crippen LogP contribution in [0.25, 0.3) is 76.4 Å². The predicted octanol–water partition coefficient (Wildman–Crippen LogP) is 7.88. The van der Waals surface area contributed by atoms with Crippen LogP contribution in [0.15, 0.2) is 110 Å². The Hall–Kier alpha value is -4.96. The van der Waals surface area contributed by atoms with Crippen molar-refractivity contribution in [2.24, 2.45) is 0 Å². The molecule has 9 rings (SSSR count). The zero-order valence-corrected chi connectivity index (χ0v) is 19.2. The standard InChI is InChI=1S/C32H18N4/c1-2-7-20(8-3-1)35-26-11-10-19-6-4-5-9-21(19)29(26)25-16-24-22-12-14-33-17-27(22)36-28-18-34-15-13-23(28)30(31(24)36)32(25)35/h1-18H. The van der Waals surface area contributed by atoms with E-state index in [1.165, 1.54) is 59.6 Å². The summed E-state index contributed by atoms with van der Waals surface area (Å²) in [7, 11) is 0. The average Bonchev–Trinajstić information content (AvgIpc) is 3.57. The van der Waals surface area contributed by atoms with Crippen molar-refractivity contribution in [1.29, 1.82) is 0 Å². The van der Waals surface area contributed by atoms with E-state index in [0.29, 0.717) is 0 Å². The van der Waals surface area contributed by atoms with E-state index < -0.39 is 0 Å². The number of aromatic nitrogens is 4. The Morgan fingerprint density at radius 2 is 1.25 bits per heavy atom. The largest absolute Gasteiger partial charge is 0.309 e. The van der Waals surface area contributed by atoms with Gasteiger partial charge in [-0.15, -0.1) is 0 Å². The normalized spacial score (nSPS) is 12.4. The first kappa shape index (κ1) is 18.4. The first-order valence-corrected chi connectivity index (χ1v) is 12.2. The molecule has 0 aliphatic heterocycles. The van der Waals surface area contributed by atoms with E-state index in [0.717, 1.165) is 16.7 Å². The minimum atomic E-state index is 1.11. The molecule has 0 radical (unpaired) electrons. The highest BCUT2D eigenvalue weighted by Crippen LogP contribution is 2.47. The Morgan fingerprint density at radius 3 is 2.11 bits per heavy atom. The monoisotopic (exact) mass is 458 g/mol. The van der Waals surface area contributed by atoms with Gasteiger partial charge in [0.2, 0.25) is 0 Å². The molecule has 0 saturated carbocycles. The zero-order valence-electron chi connectivity index (χ0n) is 19.2. The van der Waals surface area contributed by atoms with Crippen LogP contribution in [-0.4, -0.2) is 18.9 Å². The van der Waals surface area contributed by atoms with Crippen LogP contribution in [-0.2, 0) is 0 Å². The Balaban J connectivity index is 1.70. The second kappa shape index (κ2) is 6.37. The van der Waals surface area contributed by atoms with Crippen LogP contribution in [0, 0.1) is 0 Å². The van der Waals surface area contributed by atoms with E-state index in [1.807, 2.05) is 24.8 Å². The third-order valence-corrected chi connectivity index (χ3v) is 7.79. The SMILES string of the molecule is c1ccc(-n2c3ccc4ccccc4c3c3cc4c5ccncc5n5c6cnccc6c(c32)c45)cc1. The number of nitrogens with zero attached hydrogens (tertiary/aromatic N) is 4. The van der Waals surface area contributed by atoms with Gasteiger partial charge in [-0.25, -0.2) is 0 Å². The van der Waals surface area contributed by atoms with Crippen LogP contribution in [0.4, 0.5) is 0 Å². The molecule has 0 amide bonds. The quantitative estimate of drug-likeness (QED) is 0.251. The van der Waals surface area contributed by atoms with Gasteiger partial charge in [-0.05, 0) is 47.2 Å². The molecule has 166 valence electrons. The van der Waals surface area contributed by atoms with Gasteiger partial charge in [0.1, 0.15) is 0 Å². The highest BCUT2D eigenvalue weighted by Gasteiger charge is 2.24. The van der Waals surface area contributed by atoms with Crippen LogP contribution in [0.2, 0.25) is 0 Å². The number of rotatable bonds is 1. The maximum absolute atomic E-state index is 4.51. The average molecular weight is 459 g/mol. The Bertz CT molecular complexity index is 2310. The molecule has 5 aromatic heterocycles. The molecular formula is C32H18N4. The van der Waals surface area contributed by atoms with Crippen LogP contribution in [0.5, 0.6) is 0 Å². The minimum absolute atomic E-state index is 1.11. The molecule has 4 nitrogen and oxygen atoms in total. The van der Waals surface area contributed by atoms with Crippen molar-refractivity contribution in [1.82, 2.24) is 18.9 Å². The lowest BCUT2D eigenvalue weighted by Crippen LogP contribution is -1.93. The molecule has 4 heteroatoms. The first-order chi connectivity index (χ1) is 17.9. The maximum atomic E-state index is 4.51. The lowest BCUT2D eigenvalue weighted by Gasteiger charge is -2.09.